The Labute approximate surface area is 89.2 Å². The van der Waals surface area contributed by atoms with Crippen LogP contribution in [-0.4, -0.2) is 5.79 Å². The first-order valence-electron chi connectivity index (χ1n) is 5.55. The third-order valence-corrected chi connectivity index (χ3v) is 3.18. The summed E-state index contributed by atoms with van der Waals surface area (Å²) < 4.78 is 11.8. The first-order chi connectivity index (χ1) is 7.27. The molecule has 0 bridgehead atoms. The van der Waals surface area contributed by atoms with Crippen molar-refractivity contribution < 1.29 is 9.47 Å². The van der Waals surface area contributed by atoms with Crippen molar-refractivity contribution in [1.82, 2.24) is 0 Å². The summed E-state index contributed by atoms with van der Waals surface area (Å²) in [4.78, 5) is 0. The molecule has 1 aliphatic carbocycles. The fraction of sp³-hybridized carbons (Fsp3) is 0.500. The Hall–Kier alpha value is -1.38. The van der Waals surface area contributed by atoms with Crippen LogP contribution in [0.1, 0.15) is 32.1 Å². The third kappa shape index (κ3) is 1.42. The van der Waals surface area contributed by atoms with Crippen molar-refractivity contribution in [3.05, 3.63) is 18.2 Å². The van der Waals surface area contributed by atoms with Crippen LogP contribution in [0.15, 0.2) is 18.2 Å². The molecule has 2 aliphatic rings. The number of ether oxygens (including phenoxy) is 2. The van der Waals surface area contributed by atoms with Crippen LogP contribution < -0.4 is 15.2 Å². The standard InChI is InChI=1S/C12H15NO2/c13-9-4-5-10-11(8-9)15-12(14-10)6-2-1-3-7-12/h4-5,8H,1-3,6-7,13H2. The van der Waals surface area contributed by atoms with Crippen molar-refractivity contribution in [3.63, 3.8) is 0 Å². The molecule has 1 aromatic carbocycles. The minimum Gasteiger partial charge on any atom is -0.448 e. The Morgan fingerprint density at radius 2 is 1.73 bits per heavy atom. The lowest BCUT2D eigenvalue weighted by Gasteiger charge is -2.31. The van der Waals surface area contributed by atoms with E-state index in [9.17, 15) is 0 Å². The van der Waals surface area contributed by atoms with E-state index in [2.05, 4.69) is 0 Å². The fourth-order valence-corrected chi connectivity index (χ4v) is 2.40. The van der Waals surface area contributed by atoms with E-state index in [4.69, 9.17) is 15.2 Å². The highest BCUT2D eigenvalue weighted by atomic mass is 16.7. The highest BCUT2D eigenvalue weighted by Gasteiger charge is 2.42. The van der Waals surface area contributed by atoms with E-state index in [0.717, 1.165) is 30.0 Å². The van der Waals surface area contributed by atoms with Crippen molar-refractivity contribution in [1.29, 1.82) is 0 Å². The van der Waals surface area contributed by atoms with E-state index in [1.54, 1.807) is 0 Å². The van der Waals surface area contributed by atoms with E-state index >= 15 is 0 Å². The van der Waals surface area contributed by atoms with Gasteiger partial charge < -0.3 is 15.2 Å². The topological polar surface area (TPSA) is 44.5 Å². The van der Waals surface area contributed by atoms with E-state index in [0.29, 0.717) is 0 Å². The average Bonchev–Trinajstić information content (AvgIpc) is 2.56. The van der Waals surface area contributed by atoms with Crippen LogP contribution in [-0.2, 0) is 0 Å². The molecule has 0 amide bonds. The maximum Gasteiger partial charge on any atom is 0.251 e. The van der Waals surface area contributed by atoms with Crippen LogP contribution in [0.25, 0.3) is 0 Å². The second-order valence-electron chi connectivity index (χ2n) is 4.38. The Bertz CT molecular complexity index is 383. The molecule has 1 heterocycles. The van der Waals surface area contributed by atoms with Gasteiger partial charge in [0.25, 0.3) is 5.79 Å². The van der Waals surface area contributed by atoms with Crippen LogP contribution in [0.5, 0.6) is 11.5 Å². The second kappa shape index (κ2) is 3.05. The van der Waals surface area contributed by atoms with Crippen molar-refractivity contribution in [2.45, 2.75) is 37.9 Å². The zero-order chi connectivity index (χ0) is 10.3. The van der Waals surface area contributed by atoms with Gasteiger partial charge in [0.2, 0.25) is 0 Å². The highest BCUT2D eigenvalue weighted by Crippen LogP contribution is 2.45. The SMILES string of the molecule is Nc1ccc2c(c1)OC1(CCCCC1)O2. The summed E-state index contributed by atoms with van der Waals surface area (Å²) in [6, 6.07) is 5.59. The first-order valence-corrected chi connectivity index (χ1v) is 5.55. The summed E-state index contributed by atoms with van der Waals surface area (Å²) in [6.45, 7) is 0. The van der Waals surface area contributed by atoms with Crippen LogP contribution in [0, 0.1) is 0 Å². The summed E-state index contributed by atoms with van der Waals surface area (Å²) in [5.74, 6) is 1.26. The quantitative estimate of drug-likeness (QED) is 0.662. The van der Waals surface area contributed by atoms with Crippen LogP contribution in [0.3, 0.4) is 0 Å². The zero-order valence-corrected chi connectivity index (χ0v) is 8.66. The molecule has 1 aliphatic heterocycles. The van der Waals surface area contributed by atoms with Gasteiger partial charge in [-0.2, -0.15) is 0 Å². The molecular weight excluding hydrogens is 190 g/mol. The molecule has 0 atom stereocenters. The van der Waals surface area contributed by atoms with Crippen LogP contribution in [0.4, 0.5) is 5.69 Å². The van der Waals surface area contributed by atoms with E-state index in [1.807, 2.05) is 18.2 Å². The van der Waals surface area contributed by atoms with Gasteiger partial charge in [-0.3, -0.25) is 0 Å². The number of hydrogen-bond donors (Lipinski definition) is 1. The number of benzene rings is 1. The molecule has 1 spiro atoms. The average molecular weight is 205 g/mol. The van der Waals surface area contributed by atoms with E-state index in [-0.39, 0.29) is 5.79 Å². The van der Waals surface area contributed by atoms with Crippen molar-refractivity contribution in [2.24, 2.45) is 0 Å². The Morgan fingerprint density at radius 1 is 1.00 bits per heavy atom. The maximum atomic E-state index is 5.91. The number of fused-ring (bicyclic) bond motifs is 1. The lowest BCUT2D eigenvalue weighted by atomic mass is 9.94. The van der Waals surface area contributed by atoms with Gasteiger partial charge in [0, 0.05) is 24.6 Å². The molecule has 1 fully saturated rings. The van der Waals surface area contributed by atoms with Gasteiger partial charge in [-0.25, -0.2) is 0 Å². The lowest BCUT2D eigenvalue weighted by molar-refractivity contribution is -0.105. The van der Waals surface area contributed by atoms with Gasteiger partial charge in [0.15, 0.2) is 11.5 Å². The number of nitrogens with two attached hydrogens (primary N) is 1. The molecule has 15 heavy (non-hydrogen) atoms. The maximum absolute atomic E-state index is 5.91. The molecule has 1 aromatic rings. The van der Waals surface area contributed by atoms with Crippen LogP contribution >= 0.6 is 0 Å². The van der Waals surface area contributed by atoms with Crippen molar-refractivity contribution >= 4 is 5.69 Å². The molecule has 0 radical (unpaired) electrons. The molecule has 2 N–H and O–H groups in total. The van der Waals surface area contributed by atoms with Crippen LogP contribution in [0.2, 0.25) is 0 Å². The van der Waals surface area contributed by atoms with Gasteiger partial charge >= 0.3 is 0 Å². The molecule has 3 rings (SSSR count). The van der Waals surface area contributed by atoms with Crippen molar-refractivity contribution in [2.75, 3.05) is 5.73 Å². The minimum atomic E-state index is -0.381. The van der Waals surface area contributed by atoms with E-state index in [1.165, 1.54) is 19.3 Å². The molecule has 0 unspecified atom stereocenters. The molecule has 3 nitrogen and oxygen atoms in total. The predicted octanol–water partition coefficient (Wildman–Crippen LogP) is 2.70. The number of rotatable bonds is 0. The highest BCUT2D eigenvalue weighted by molar-refractivity contribution is 5.53. The fourth-order valence-electron chi connectivity index (χ4n) is 2.40. The predicted molar refractivity (Wildman–Crippen MR) is 57.9 cm³/mol. The molecule has 1 saturated carbocycles. The molecule has 80 valence electrons. The summed E-state index contributed by atoms with van der Waals surface area (Å²) in [7, 11) is 0. The van der Waals surface area contributed by atoms with Crippen molar-refractivity contribution in [3.8, 4) is 11.5 Å². The Morgan fingerprint density at radius 3 is 2.53 bits per heavy atom. The summed E-state index contributed by atoms with van der Waals surface area (Å²) in [5, 5.41) is 0. The Balaban J connectivity index is 1.90. The molecule has 3 heteroatoms. The molecule has 0 aromatic heterocycles. The molecular formula is C12H15NO2. The van der Waals surface area contributed by atoms with E-state index < -0.39 is 0 Å². The molecule has 0 saturated heterocycles. The normalized spacial score (nSPS) is 21.9. The number of hydrogen-bond acceptors (Lipinski definition) is 3. The van der Waals surface area contributed by atoms with Gasteiger partial charge in [-0.05, 0) is 25.0 Å². The van der Waals surface area contributed by atoms with Gasteiger partial charge in [0.1, 0.15) is 0 Å². The first kappa shape index (κ1) is 8.89. The van der Waals surface area contributed by atoms with Gasteiger partial charge in [-0.1, -0.05) is 6.42 Å². The third-order valence-electron chi connectivity index (χ3n) is 3.18. The second-order valence-corrected chi connectivity index (χ2v) is 4.38. The van der Waals surface area contributed by atoms with Gasteiger partial charge in [0.05, 0.1) is 0 Å². The summed E-state index contributed by atoms with van der Waals surface area (Å²) >= 11 is 0. The Kier molecular flexibility index (Phi) is 1.81. The van der Waals surface area contributed by atoms with Gasteiger partial charge in [-0.15, -0.1) is 0 Å². The monoisotopic (exact) mass is 205 g/mol. The zero-order valence-electron chi connectivity index (χ0n) is 8.66. The minimum absolute atomic E-state index is 0.381. The number of nitrogen functional groups attached to an aromatic ring is 1. The number of anilines is 1. The lowest BCUT2D eigenvalue weighted by Crippen LogP contribution is -2.40. The summed E-state index contributed by atoms with van der Waals surface area (Å²) in [5.41, 5.74) is 6.44. The summed E-state index contributed by atoms with van der Waals surface area (Å²) in [6.07, 6.45) is 5.63. The smallest absolute Gasteiger partial charge is 0.251 e. The largest absolute Gasteiger partial charge is 0.448 e.